The molecule has 0 aliphatic heterocycles. The summed E-state index contributed by atoms with van der Waals surface area (Å²) in [6, 6.07) is 9.42. The first-order valence-corrected chi connectivity index (χ1v) is 6.68. The lowest BCUT2D eigenvalue weighted by molar-refractivity contribution is -0.144. The summed E-state index contributed by atoms with van der Waals surface area (Å²) in [5.74, 6) is -1.10. The molecular weight excluding hydrogens is 289 g/mol. The molecule has 0 fully saturated rings. The van der Waals surface area contributed by atoms with Crippen molar-refractivity contribution >= 4 is 16.7 Å². The van der Waals surface area contributed by atoms with Gasteiger partial charge in [-0.15, -0.1) is 0 Å². The summed E-state index contributed by atoms with van der Waals surface area (Å²) in [4.78, 5) is 5.25. The van der Waals surface area contributed by atoms with E-state index in [1.54, 1.807) is 4.90 Å². The van der Waals surface area contributed by atoms with Gasteiger partial charge < -0.3 is 10.6 Å². The van der Waals surface area contributed by atoms with Crippen LogP contribution in [0.15, 0.2) is 30.3 Å². The normalized spacial score (nSPS) is 11.6. The maximum absolute atomic E-state index is 12.5. The number of benzene rings is 1. The Kier molecular flexibility index (Phi) is 4.56. The molecule has 0 aliphatic carbocycles. The minimum Gasteiger partial charge on any atom is -0.341 e. The van der Waals surface area contributed by atoms with Gasteiger partial charge in [0.1, 0.15) is 0 Å². The van der Waals surface area contributed by atoms with E-state index in [4.69, 9.17) is 5.73 Å². The molecule has 4 nitrogen and oxygen atoms in total. The number of nitrogens with zero attached hydrogens (tertiary/aromatic N) is 3. The van der Waals surface area contributed by atoms with Gasteiger partial charge in [-0.05, 0) is 5.56 Å². The van der Waals surface area contributed by atoms with E-state index in [0.29, 0.717) is 19.6 Å². The van der Waals surface area contributed by atoms with Gasteiger partial charge in [0.2, 0.25) is 11.0 Å². The fraction of sp³-hybridized carbons (Fsp3) is 0.333. The molecule has 1 aromatic carbocycles. The third kappa shape index (κ3) is 3.67. The summed E-state index contributed by atoms with van der Waals surface area (Å²) in [5, 5.41) is 0.228. The zero-order valence-corrected chi connectivity index (χ0v) is 11.3. The van der Waals surface area contributed by atoms with Crippen molar-refractivity contribution in [2.75, 3.05) is 18.0 Å². The molecule has 0 atom stereocenters. The standard InChI is InChI=1S/C12H13F3N4S/c13-12(14,15)10-17-11(20-18-10)19(7-6-16)8-9-4-2-1-3-5-9/h1-5H,6-8,16H2. The first-order chi connectivity index (χ1) is 9.50. The van der Waals surface area contributed by atoms with E-state index in [-0.39, 0.29) is 5.13 Å². The van der Waals surface area contributed by atoms with Crippen molar-refractivity contribution in [2.45, 2.75) is 12.7 Å². The molecule has 0 spiro atoms. The third-order valence-corrected chi connectivity index (χ3v) is 3.33. The van der Waals surface area contributed by atoms with Gasteiger partial charge in [-0.25, -0.2) is 0 Å². The van der Waals surface area contributed by atoms with Crippen LogP contribution in [0.3, 0.4) is 0 Å². The Bertz CT molecular complexity index is 541. The van der Waals surface area contributed by atoms with E-state index in [0.717, 1.165) is 17.1 Å². The number of aromatic nitrogens is 2. The largest absolute Gasteiger partial charge is 0.452 e. The van der Waals surface area contributed by atoms with Crippen molar-refractivity contribution in [1.29, 1.82) is 0 Å². The highest BCUT2D eigenvalue weighted by atomic mass is 32.1. The van der Waals surface area contributed by atoms with Gasteiger partial charge in [-0.1, -0.05) is 30.3 Å². The van der Waals surface area contributed by atoms with Crippen molar-refractivity contribution in [3.8, 4) is 0 Å². The zero-order valence-electron chi connectivity index (χ0n) is 10.5. The van der Waals surface area contributed by atoms with E-state index in [9.17, 15) is 13.2 Å². The van der Waals surface area contributed by atoms with Crippen molar-refractivity contribution < 1.29 is 13.2 Å². The Labute approximate surface area is 118 Å². The molecule has 0 unspecified atom stereocenters. The van der Waals surface area contributed by atoms with Gasteiger partial charge >= 0.3 is 6.18 Å². The number of alkyl halides is 3. The molecule has 108 valence electrons. The van der Waals surface area contributed by atoms with Crippen LogP contribution < -0.4 is 10.6 Å². The lowest BCUT2D eigenvalue weighted by Crippen LogP contribution is -2.29. The van der Waals surface area contributed by atoms with Crippen molar-refractivity contribution in [1.82, 2.24) is 9.36 Å². The molecule has 1 aromatic heterocycles. The molecule has 0 saturated heterocycles. The summed E-state index contributed by atoms with van der Waals surface area (Å²) in [7, 11) is 0. The second kappa shape index (κ2) is 6.19. The zero-order chi connectivity index (χ0) is 14.6. The van der Waals surface area contributed by atoms with Crippen LogP contribution in [-0.4, -0.2) is 22.4 Å². The molecule has 0 amide bonds. The van der Waals surface area contributed by atoms with Gasteiger partial charge in [0, 0.05) is 31.2 Å². The molecule has 2 rings (SSSR count). The van der Waals surface area contributed by atoms with E-state index < -0.39 is 12.0 Å². The average Bonchev–Trinajstić information content (AvgIpc) is 2.89. The monoisotopic (exact) mass is 302 g/mol. The summed E-state index contributed by atoms with van der Waals surface area (Å²) < 4.78 is 40.9. The van der Waals surface area contributed by atoms with Crippen LogP contribution in [0.25, 0.3) is 0 Å². The Morgan fingerprint density at radius 1 is 1.20 bits per heavy atom. The Balaban J connectivity index is 2.18. The molecule has 0 aliphatic rings. The Morgan fingerprint density at radius 3 is 2.45 bits per heavy atom. The molecule has 0 saturated carbocycles. The van der Waals surface area contributed by atoms with E-state index in [1.165, 1.54) is 0 Å². The number of anilines is 1. The molecular formula is C12H13F3N4S. The molecule has 20 heavy (non-hydrogen) atoms. The molecule has 2 aromatic rings. The number of halogens is 3. The quantitative estimate of drug-likeness (QED) is 0.922. The highest BCUT2D eigenvalue weighted by Crippen LogP contribution is 2.30. The second-order valence-corrected chi connectivity index (χ2v) is 4.82. The molecule has 8 heteroatoms. The van der Waals surface area contributed by atoms with Crippen LogP contribution in [0.4, 0.5) is 18.3 Å². The topological polar surface area (TPSA) is 55.0 Å². The van der Waals surface area contributed by atoms with Crippen LogP contribution in [0.2, 0.25) is 0 Å². The molecule has 0 radical (unpaired) electrons. The van der Waals surface area contributed by atoms with Crippen LogP contribution in [-0.2, 0) is 12.7 Å². The molecule has 2 N–H and O–H groups in total. The smallest absolute Gasteiger partial charge is 0.341 e. The van der Waals surface area contributed by atoms with Crippen LogP contribution in [0.5, 0.6) is 0 Å². The first kappa shape index (κ1) is 14.7. The Morgan fingerprint density at radius 2 is 1.90 bits per heavy atom. The van der Waals surface area contributed by atoms with E-state index in [2.05, 4.69) is 9.36 Å². The van der Waals surface area contributed by atoms with E-state index in [1.807, 2.05) is 30.3 Å². The highest BCUT2D eigenvalue weighted by Gasteiger charge is 2.36. The lowest BCUT2D eigenvalue weighted by atomic mass is 10.2. The van der Waals surface area contributed by atoms with Crippen molar-refractivity contribution in [2.24, 2.45) is 5.73 Å². The Hall–Kier alpha value is -1.67. The fourth-order valence-electron chi connectivity index (χ4n) is 1.66. The lowest BCUT2D eigenvalue weighted by Gasteiger charge is -2.20. The van der Waals surface area contributed by atoms with Crippen LogP contribution >= 0.6 is 11.5 Å². The predicted octanol–water partition coefficient (Wildman–Crippen LogP) is 2.52. The van der Waals surface area contributed by atoms with Gasteiger partial charge in [0.25, 0.3) is 0 Å². The highest BCUT2D eigenvalue weighted by molar-refractivity contribution is 7.09. The summed E-state index contributed by atoms with van der Waals surface area (Å²) in [6.45, 7) is 1.19. The summed E-state index contributed by atoms with van der Waals surface area (Å²) in [5.41, 5.74) is 6.48. The van der Waals surface area contributed by atoms with E-state index >= 15 is 0 Å². The van der Waals surface area contributed by atoms with Gasteiger partial charge in [0.15, 0.2) is 0 Å². The van der Waals surface area contributed by atoms with Gasteiger partial charge in [-0.2, -0.15) is 22.5 Å². The number of nitrogens with two attached hydrogens (primary N) is 1. The van der Waals surface area contributed by atoms with Crippen LogP contribution in [0.1, 0.15) is 11.4 Å². The third-order valence-electron chi connectivity index (χ3n) is 2.55. The molecule has 1 heterocycles. The van der Waals surface area contributed by atoms with Crippen molar-refractivity contribution in [3.05, 3.63) is 41.7 Å². The van der Waals surface area contributed by atoms with Gasteiger partial charge in [0.05, 0.1) is 0 Å². The minimum absolute atomic E-state index is 0.228. The van der Waals surface area contributed by atoms with Crippen LogP contribution in [0, 0.1) is 0 Å². The summed E-state index contributed by atoms with van der Waals surface area (Å²) >= 11 is 0.733. The summed E-state index contributed by atoms with van der Waals surface area (Å²) in [6.07, 6.45) is -4.52. The predicted molar refractivity (Wildman–Crippen MR) is 71.5 cm³/mol. The number of hydrogen-bond acceptors (Lipinski definition) is 5. The molecule has 0 bridgehead atoms. The van der Waals surface area contributed by atoms with Gasteiger partial charge in [-0.3, -0.25) is 0 Å². The maximum atomic E-state index is 12.5. The number of hydrogen-bond donors (Lipinski definition) is 1. The fourth-order valence-corrected chi connectivity index (χ4v) is 2.37. The minimum atomic E-state index is -4.52. The number of rotatable bonds is 5. The average molecular weight is 302 g/mol. The maximum Gasteiger partial charge on any atom is 0.452 e. The SMILES string of the molecule is NCCN(Cc1ccccc1)c1nc(C(F)(F)F)ns1. The second-order valence-electron chi connectivity index (χ2n) is 4.09. The van der Waals surface area contributed by atoms with Crippen molar-refractivity contribution in [3.63, 3.8) is 0 Å². The first-order valence-electron chi connectivity index (χ1n) is 5.90.